The summed E-state index contributed by atoms with van der Waals surface area (Å²) in [5.74, 6) is 1.05. The van der Waals surface area contributed by atoms with E-state index in [0.29, 0.717) is 23.2 Å². The van der Waals surface area contributed by atoms with Crippen LogP contribution >= 0.6 is 11.3 Å². The second-order valence-electron chi connectivity index (χ2n) is 6.29. The summed E-state index contributed by atoms with van der Waals surface area (Å²) >= 11 is 1.41. The van der Waals surface area contributed by atoms with Gasteiger partial charge in [0.1, 0.15) is 10.8 Å². The molecule has 0 spiro atoms. The molecule has 0 aliphatic heterocycles. The third-order valence-corrected chi connectivity index (χ3v) is 4.79. The van der Waals surface area contributed by atoms with Crippen LogP contribution in [-0.4, -0.2) is 29.8 Å². The van der Waals surface area contributed by atoms with Gasteiger partial charge in [0.15, 0.2) is 0 Å². The number of hydrogen-bond donors (Lipinski definition) is 0. The van der Waals surface area contributed by atoms with E-state index in [1.807, 2.05) is 54.6 Å². The summed E-state index contributed by atoms with van der Waals surface area (Å²) in [6.07, 6.45) is 0. The summed E-state index contributed by atoms with van der Waals surface area (Å²) in [5, 5.41) is 9.94. The fraction of sp³-hybridized carbons (Fsp3) is 0.250. The first-order valence-corrected chi connectivity index (χ1v) is 9.25. The lowest BCUT2D eigenvalue weighted by molar-refractivity contribution is 0.0983. The van der Waals surface area contributed by atoms with Crippen LogP contribution in [0, 0.1) is 5.92 Å². The van der Waals surface area contributed by atoms with E-state index in [2.05, 4.69) is 24.0 Å². The molecule has 2 aromatic carbocycles. The van der Waals surface area contributed by atoms with Crippen LogP contribution in [0.1, 0.15) is 24.2 Å². The monoisotopic (exact) mass is 367 g/mol. The van der Waals surface area contributed by atoms with E-state index in [-0.39, 0.29) is 5.91 Å². The molecule has 6 heteroatoms. The molecule has 134 valence electrons. The predicted molar refractivity (Wildman–Crippen MR) is 105 cm³/mol. The molecule has 3 aromatic rings. The van der Waals surface area contributed by atoms with E-state index < -0.39 is 0 Å². The van der Waals surface area contributed by atoms with Crippen molar-refractivity contribution >= 4 is 22.4 Å². The molecule has 26 heavy (non-hydrogen) atoms. The van der Waals surface area contributed by atoms with Crippen molar-refractivity contribution in [1.29, 1.82) is 0 Å². The van der Waals surface area contributed by atoms with Crippen molar-refractivity contribution in [1.82, 2.24) is 10.2 Å². The van der Waals surface area contributed by atoms with Crippen LogP contribution in [-0.2, 0) is 0 Å². The van der Waals surface area contributed by atoms with Crippen LogP contribution in [0.25, 0.3) is 10.6 Å². The lowest BCUT2D eigenvalue weighted by Gasteiger charge is -2.21. The molecule has 0 saturated heterocycles. The number of aromatic nitrogens is 2. The van der Waals surface area contributed by atoms with Crippen molar-refractivity contribution < 1.29 is 9.53 Å². The molecule has 1 aromatic heterocycles. The Morgan fingerprint density at radius 3 is 2.38 bits per heavy atom. The summed E-state index contributed by atoms with van der Waals surface area (Å²) in [4.78, 5) is 14.7. The Hall–Kier alpha value is -2.73. The van der Waals surface area contributed by atoms with Gasteiger partial charge in [-0.15, -0.1) is 10.2 Å². The van der Waals surface area contributed by atoms with E-state index in [4.69, 9.17) is 4.74 Å². The predicted octanol–water partition coefficient (Wildman–Crippen LogP) is 4.52. The smallest absolute Gasteiger partial charge is 0.260 e. The Morgan fingerprint density at radius 1 is 1.08 bits per heavy atom. The largest absolute Gasteiger partial charge is 0.497 e. The summed E-state index contributed by atoms with van der Waals surface area (Å²) in [5.41, 5.74) is 1.60. The van der Waals surface area contributed by atoms with Crippen LogP contribution < -0.4 is 9.64 Å². The fourth-order valence-electron chi connectivity index (χ4n) is 2.52. The number of rotatable bonds is 6. The maximum Gasteiger partial charge on any atom is 0.260 e. The van der Waals surface area contributed by atoms with Crippen LogP contribution in [0.4, 0.5) is 5.13 Å². The molecular formula is C20H21N3O2S. The second kappa shape index (κ2) is 8.10. The van der Waals surface area contributed by atoms with Gasteiger partial charge in [-0.1, -0.05) is 43.4 Å². The van der Waals surface area contributed by atoms with Crippen molar-refractivity contribution in [3.8, 4) is 16.3 Å². The summed E-state index contributed by atoms with van der Waals surface area (Å²) in [6.45, 7) is 4.75. The standard InChI is InChI=1S/C20H21N3O2S/c1-14(2)13-23(19(24)16-7-5-4-6-8-16)20-22-21-18(26-20)15-9-11-17(25-3)12-10-15/h4-12,14H,13H2,1-3H3. The third kappa shape index (κ3) is 4.08. The SMILES string of the molecule is COc1ccc(-c2nnc(N(CC(C)C)C(=O)c3ccccc3)s2)cc1. The quantitative estimate of drug-likeness (QED) is 0.643. The minimum Gasteiger partial charge on any atom is -0.497 e. The molecule has 0 aliphatic rings. The first-order valence-electron chi connectivity index (χ1n) is 8.43. The number of benzene rings is 2. The van der Waals surface area contributed by atoms with Gasteiger partial charge in [-0.2, -0.15) is 0 Å². The van der Waals surface area contributed by atoms with Gasteiger partial charge in [-0.05, 0) is 42.3 Å². The topological polar surface area (TPSA) is 55.3 Å². The summed E-state index contributed by atoms with van der Waals surface area (Å²) in [7, 11) is 1.64. The highest BCUT2D eigenvalue weighted by molar-refractivity contribution is 7.18. The Morgan fingerprint density at radius 2 is 1.77 bits per heavy atom. The van der Waals surface area contributed by atoms with Crippen molar-refractivity contribution in [2.24, 2.45) is 5.92 Å². The molecule has 0 bridgehead atoms. The highest BCUT2D eigenvalue weighted by Gasteiger charge is 2.22. The van der Waals surface area contributed by atoms with Crippen molar-refractivity contribution in [3.63, 3.8) is 0 Å². The van der Waals surface area contributed by atoms with Crippen molar-refractivity contribution in [2.75, 3.05) is 18.6 Å². The molecule has 0 unspecified atom stereocenters. The highest BCUT2D eigenvalue weighted by atomic mass is 32.1. The maximum absolute atomic E-state index is 13.0. The Kier molecular flexibility index (Phi) is 5.63. The minimum atomic E-state index is -0.0586. The molecule has 0 atom stereocenters. The molecule has 5 nitrogen and oxygen atoms in total. The molecule has 1 amide bonds. The molecule has 0 N–H and O–H groups in total. The number of methoxy groups -OCH3 is 1. The van der Waals surface area contributed by atoms with Crippen molar-refractivity contribution in [2.45, 2.75) is 13.8 Å². The zero-order chi connectivity index (χ0) is 18.5. The zero-order valence-corrected chi connectivity index (χ0v) is 15.9. The van der Waals surface area contributed by atoms with Gasteiger partial charge in [0.2, 0.25) is 5.13 Å². The van der Waals surface area contributed by atoms with Gasteiger partial charge in [-0.3, -0.25) is 9.69 Å². The lowest BCUT2D eigenvalue weighted by Crippen LogP contribution is -2.34. The first-order chi connectivity index (χ1) is 12.6. The van der Waals surface area contributed by atoms with Crippen LogP contribution in [0.3, 0.4) is 0 Å². The van der Waals surface area contributed by atoms with Gasteiger partial charge in [0.05, 0.1) is 7.11 Å². The Balaban J connectivity index is 1.90. The number of hydrogen-bond acceptors (Lipinski definition) is 5. The van der Waals surface area contributed by atoms with E-state index in [9.17, 15) is 4.79 Å². The highest BCUT2D eigenvalue weighted by Crippen LogP contribution is 2.31. The van der Waals surface area contributed by atoms with E-state index in [0.717, 1.165) is 16.3 Å². The van der Waals surface area contributed by atoms with Gasteiger partial charge in [0, 0.05) is 17.7 Å². The molecule has 1 heterocycles. The molecule has 0 radical (unpaired) electrons. The number of amides is 1. The lowest BCUT2D eigenvalue weighted by atomic mass is 10.1. The fourth-order valence-corrected chi connectivity index (χ4v) is 3.38. The van der Waals surface area contributed by atoms with Gasteiger partial charge in [0.25, 0.3) is 5.91 Å². The van der Waals surface area contributed by atoms with Gasteiger partial charge >= 0.3 is 0 Å². The summed E-state index contributed by atoms with van der Waals surface area (Å²) in [6, 6.07) is 16.9. The molecule has 0 saturated carbocycles. The first kappa shape index (κ1) is 18.1. The minimum absolute atomic E-state index is 0.0586. The molecular weight excluding hydrogens is 346 g/mol. The van der Waals surface area contributed by atoms with E-state index in [1.165, 1.54) is 11.3 Å². The number of ether oxygens (including phenoxy) is 1. The number of nitrogens with zero attached hydrogens (tertiary/aromatic N) is 3. The second-order valence-corrected chi connectivity index (χ2v) is 7.25. The summed E-state index contributed by atoms with van der Waals surface area (Å²) < 4.78 is 5.19. The number of carbonyl (C=O) groups excluding carboxylic acids is 1. The van der Waals surface area contributed by atoms with Crippen molar-refractivity contribution in [3.05, 3.63) is 60.2 Å². The molecule has 3 rings (SSSR count). The third-order valence-electron chi connectivity index (χ3n) is 3.80. The Bertz CT molecular complexity index is 860. The normalized spacial score (nSPS) is 10.8. The maximum atomic E-state index is 13.0. The molecule has 0 fully saturated rings. The van der Waals surface area contributed by atoms with Gasteiger partial charge in [-0.25, -0.2) is 0 Å². The van der Waals surface area contributed by atoms with Crippen LogP contribution in [0.15, 0.2) is 54.6 Å². The number of anilines is 1. The average Bonchev–Trinajstić information content (AvgIpc) is 3.16. The van der Waals surface area contributed by atoms with Crippen LogP contribution in [0.5, 0.6) is 5.75 Å². The average molecular weight is 367 g/mol. The van der Waals surface area contributed by atoms with Gasteiger partial charge < -0.3 is 4.74 Å². The molecule has 0 aliphatic carbocycles. The van der Waals surface area contributed by atoms with E-state index >= 15 is 0 Å². The number of carbonyl (C=O) groups is 1. The van der Waals surface area contributed by atoms with Crippen LogP contribution in [0.2, 0.25) is 0 Å². The Labute approximate surface area is 157 Å². The zero-order valence-electron chi connectivity index (χ0n) is 15.0. The van der Waals surface area contributed by atoms with E-state index in [1.54, 1.807) is 12.0 Å².